The first kappa shape index (κ1) is 11.9. The number of hydrogen-bond donors (Lipinski definition) is 1. The van der Waals surface area contributed by atoms with Crippen molar-refractivity contribution < 1.29 is 0 Å². The maximum absolute atomic E-state index is 4.31. The van der Waals surface area contributed by atoms with Gasteiger partial charge < -0.3 is 5.32 Å². The fourth-order valence-electron chi connectivity index (χ4n) is 1.98. The molecule has 0 spiro atoms. The number of nitrogens with one attached hydrogen (secondary N) is 1. The normalized spacial score (nSPS) is 26.9. The van der Waals surface area contributed by atoms with Gasteiger partial charge in [-0.3, -0.25) is 9.97 Å². The molecule has 1 aliphatic heterocycles. The number of thioether (sulfide) groups is 1. The summed E-state index contributed by atoms with van der Waals surface area (Å²) in [5.74, 6) is 1.30. The lowest BCUT2D eigenvalue weighted by Gasteiger charge is -2.25. The summed E-state index contributed by atoms with van der Waals surface area (Å²) < 4.78 is 0.413. The first-order chi connectivity index (χ1) is 7.70. The van der Waals surface area contributed by atoms with E-state index in [9.17, 15) is 0 Å². The molecule has 0 aliphatic carbocycles. The van der Waals surface area contributed by atoms with Gasteiger partial charge in [0.2, 0.25) is 0 Å². The second kappa shape index (κ2) is 5.15. The summed E-state index contributed by atoms with van der Waals surface area (Å²) in [7, 11) is 0. The zero-order valence-electron chi connectivity index (χ0n) is 9.94. The van der Waals surface area contributed by atoms with Crippen LogP contribution in [0.5, 0.6) is 0 Å². The Morgan fingerprint density at radius 3 is 3.06 bits per heavy atom. The van der Waals surface area contributed by atoms with E-state index in [0.717, 1.165) is 12.2 Å². The van der Waals surface area contributed by atoms with E-state index >= 15 is 0 Å². The largest absolute Gasteiger partial charge is 0.307 e. The first-order valence-corrected chi connectivity index (χ1v) is 6.81. The smallest absolute Gasteiger partial charge is 0.0753 e. The van der Waals surface area contributed by atoms with Crippen LogP contribution in [0.1, 0.15) is 38.4 Å². The zero-order valence-corrected chi connectivity index (χ0v) is 10.8. The van der Waals surface area contributed by atoms with E-state index in [2.05, 4.69) is 40.9 Å². The fourth-order valence-corrected chi connectivity index (χ4v) is 3.24. The predicted molar refractivity (Wildman–Crippen MR) is 68.5 cm³/mol. The van der Waals surface area contributed by atoms with Crippen molar-refractivity contribution in [3.8, 4) is 0 Å². The molecule has 2 heterocycles. The summed E-state index contributed by atoms with van der Waals surface area (Å²) >= 11 is 2.08. The maximum atomic E-state index is 4.31. The van der Waals surface area contributed by atoms with Crippen LogP contribution in [0.2, 0.25) is 0 Å². The average molecular weight is 237 g/mol. The van der Waals surface area contributed by atoms with E-state index in [0.29, 0.717) is 4.75 Å². The standard InChI is InChI=1S/C12H19N3S/c1-10(11-8-13-5-6-14-11)15-9-12(2)4-3-7-16-12/h5-6,8,10,15H,3-4,7,9H2,1-2H3. The molecule has 1 aromatic rings. The quantitative estimate of drug-likeness (QED) is 0.872. The minimum absolute atomic E-state index is 0.284. The summed E-state index contributed by atoms with van der Waals surface area (Å²) in [4.78, 5) is 8.41. The van der Waals surface area contributed by atoms with Crippen molar-refractivity contribution in [1.82, 2.24) is 15.3 Å². The third kappa shape index (κ3) is 2.95. The Bertz CT molecular complexity index is 322. The minimum atomic E-state index is 0.284. The van der Waals surface area contributed by atoms with E-state index in [1.54, 1.807) is 12.4 Å². The predicted octanol–water partition coefficient (Wildman–Crippen LogP) is 2.41. The van der Waals surface area contributed by atoms with Gasteiger partial charge in [0, 0.05) is 35.9 Å². The molecule has 2 atom stereocenters. The molecule has 0 saturated carbocycles. The highest BCUT2D eigenvalue weighted by Crippen LogP contribution is 2.37. The highest BCUT2D eigenvalue weighted by Gasteiger charge is 2.29. The molecule has 16 heavy (non-hydrogen) atoms. The lowest BCUT2D eigenvalue weighted by Crippen LogP contribution is -2.34. The summed E-state index contributed by atoms with van der Waals surface area (Å²) in [6.07, 6.45) is 7.96. The van der Waals surface area contributed by atoms with Crippen LogP contribution in [0.3, 0.4) is 0 Å². The number of rotatable bonds is 4. The fraction of sp³-hybridized carbons (Fsp3) is 0.667. The van der Waals surface area contributed by atoms with Crippen molar-refractivity contribution in [2.75, 3.05) is 12.3 Å². The number of hydrogen-bond acceptors (Lipinski definition) is 4. The lowest BCUT2D eigenvalue weighted by atomic mass is 10.1. The molecule has 1 N–H and O–H groups in total. The Kier molecular flexibility index (Phi) is 3.82. The molecule has 1 fully saturated rings. The maximum Gasteiger partial charge on any atom is 0.0753 e. The monoisotopic (exact) mass is 237 g/mol. The van der Waals surface area contributed by atoms with Gasteiger partial charge in [-0.2, -0.15) is 11.8 Å². The molecular formula is C12H19N3S. The van der Waals surface area contributed by atoms with Crippen LogP contribution in [0.4, 0.5) is 0 Å². The second-order valence-corrected chi connectivity index (χ2v) is 6.32. The molecule has 0 aromatic carbocycles. The topological polar surface area (TPSA) is 37.8 Å². The molecule has 1 saturated heterocycles. The zero-order chi connectivity index (χ0) is 11.4. The van der Waals surface area contributed by atoms with Gasteiger partial charge in [0.1, 0.15) is 0 Å². The van der Waals surface area contributed by atoms with Gasteiger partial charge in [0.05, 0.1) is 5.69 Å². The third-order valence-corrected chi connectivity index (χ3v) is 4.65. The van der Waals surface area contributed by atoms with E-state index in [1.165, 1.54) is 18.6 Å². The summed E-state index contributed by atoms with van der Waals surface area (Å²) in [5, 5.41) is 3.56. The second-order valence-electron chi connectivity index (χ2n) is 4.63. The Morgan fingerprint density at radius 1 is 1.56 bits per heavy atom. The molecule has 2 unspecified atom stereocenters. The van der Waals surface area contributed by atoms with Crippen LogP contribution >= 0.6 is 11.8 Å². The van der Waals surface area contributed by atoms with Crippen molar-refractivity contribution in [2.24, 2.45) is 0 Å². The molecule has 0 amide bonds. The Balaban J connectivity index is 1.86. The van der Waals surface area contributed by atoms with Crippen molar-refractivity contribution in [3.63, 3.8) is 0 Å². The Hall–Kier alpha value is -0.610. The van der Waals surface area contributed by atoms with Crippen molar-refractivity contribution >= 4 is 11.8 Å². The van der Waals surface area contributed by atoms with Crippen LogP contribution in [-0.4, -0.2) is 27.0 Å². The van der Waals surface area contributed by atoms with E-state index in [-0.39, 0.29) is 6.04 Å². The van der Waals surface area contributed by atoms with Crippen molar-refractivity contribution in [1.29, 1.82) is 0 Å². The molecule has 1 aliphatic rings. The van der Waals surface area contributed by atoms with E-state index < -0.39 is 0 Å². The van der Waals surface area contributed by atoms with Crippen molar-refractivity contribution in [3.05, 3.63) is 24.3 Å². The first-order valence-electron chi connectivity index (χ1n) is 5.83. The molecule has 0 bridgehead atoms. The van der Waals surface area contributed by atoms with Gasteiger partial charge in [-0.05, 0) is 32.4 Å². The molecule has 4 heteroatoms. The van der Waals surface area contributed by atoms with Gasteiger partial charge in [0.25, 0.3) is 0 Å². The molecule has 1 aromatic heterocycles. The molecule has 2 rings (SSSR count). The van der Waals surface area contributed by atoms with Gasteiger partial charge in [-0.25, -0.2) is 0 Å². The van der Waals surface area contributed by atoms with Gasteiger partial charge in [-0.15, -0.1) is 0 Å². The molecule has 0 radical (unpaired) electrons. The van der Waals surface area contributed by atoms with Crippen LogP contribution in [-0.2, 0) is 0 Å². The molecular weight excluding hydrogens is 218 g/mol. The van der Waals surface area contributed by atoms with Gasteiger partial charge in [-0.1, -0.05) is 0 Å². The number of nitrogens with zero attached hydrogens (tertiary/aromatic N) is 2. The van der Waals surface area contributed by atoms with E-state index in [4.69, 9.17) is 0 Å². The van der Waals surface area contributed by atoms with Crippen LogP contribution in [0, 0.1) is 0 Å². The minimum Gasteiger partial charge on any atom is -0.307 e. The third-order valence-electron chi connectivity index (χ3n) is 3.11. The van der Waals surface area contributed by atoms with Gasteiger partial charge >= 0.3 is 0 Å². The summed E-state index contributed by atoms with van der Waals surface area (Å²) in [6.45, 7) is 5.55. The van der Waals surface area contributed by atoms with E-state index in [1.807, 2.05) is 6.20 Å². The van der Waals surface area contributed by atoms with Crippen LogP contribution in [0.15, 0.2) is 18.6 Å². The highest BCUT2D eigenvalue weighted by atomic mass is 32.2. The Morgan fingerprint density at radius 2 is 2.44 bits per heavy atom. The lowest BCUT2D eigenvalue weighted by molar-refractivity contribution is 0.484. The Labute approximate surface area is 101 Å². The highest BCUT2D eigenvalue weighted by molar-refractivity contribution is 8.00. The van der Waals surface area contributed by atoms with Gasteiger partial charge in [0.15, 0.2) is 0 Å². The van der Waals surface area contributed by atoms with Crippen LogP contribution in [0.25, 0.3) is 0 Å². The summed E-state index contributed by atoms with van der Waals surface area (Å²) in [6, 6.07) is 0.284. The molecule has 88 valence electrons. The molecule has 3 nitrogen and oxygen atoms in total. The van der Waals surface area contributed by atoms with Crippen molar-refractivity contribution in [2.45, 2.75) is 37.5 Å². The van der Waals surface area contributed by atoms with Crippen LogP contribution < -0.4 is 5.32 Å². The number of aromatic nitrogens is 2. The summed E-state index contributed by atoms with van der Waals surface area (Å²) in [5.41, 5.74) is 1.02. The average Bonchev–Trinajstić information content (AvgIpc) is 2.75. The SMILES string of the molecule is CC(NCC1(C)CCCS1)c1cnccn1.